The molecule has 3 N–H and O–H groups in total. The Balaban J connectivity index is 2.22. The molecule has 0 aliphatic heterocycles. The van der Waals surface area contributed by atoms with Gasteiger partial charge in [-0.2, -0.15) is 0 Å². The van der Waals surface area contributed by atoms with Gasteiger partial charge in [0.15, 0.2) is 0 Å². The van der Waals surface area contributed by atoms with E-state index in [-0.39, 0.29) is 11.5 Å². The van der Waals surface area contributed by atoms with Crippen molar-refractivity contribution in [3.8, 4) is 0 Å². The van der Waals surface area contributed by atoms with Gasteiger partial charge >= 0.3 is 0 Å². The van der Waals surface area contributed by atoms with E-state index in [0.717, 1.165) is 9.85 Å². The maximum Gasteiger partial charge on any atom is 0.265 e. The summed E-state index contributed by atoms with van der Waals surface area (Å²) in [5, 5.41) is 2.57. The molecule has 0 bridgehead atoms. The van der Waals surface area contributed by atoms with E-state index in [1.807, 2.05) is 0 Å². The summed E-state index contributed by atoms with van der Waals surface area (Å²) in [6.45, 7) is 0. The molecular formula is C12H8BrFN2O2S. The minimum Gasteiger partial charge on any atom is -0.366 e. The zero-order valence-electron chi connectivity index (χ0n) is 9.44. The largest absolute Gasteiger partial charge is 0.366 e. The van der Waals surface area contributed by atoms with Crippen LogP contribution in [0, 0.1) is 5.82 Å². The molecule has 0 saturated carbocycles. The van der Waals surface area contributed by atoms with Crippen molar-refractivity contribution in [2.45, 2.75) is 0 Å². The van der Waals surface area contributed by atoms with Crippen LogP contribution in [0.4, 0.5) is 10.1 Å². The zero-order chi connectivity index (χ0) is 14.0. The number of primary amides is 1. The molecule has 2 amide bonds. The van der Waals surface area contributed by atoms with Crippen LogP contribution in [0.15, 0.2) is 34.1 Å². The summed E-state index contributed by atoms with van der Waals surface area (Å²) in [5.41, 5.74) is 5.08. The van der Waals surface area contributed by atoms with Crippen LogP contribution in [0.5, 0.6) is 0 Å². The number of hydrogen-bond acceptors (Lipinski definition) is 3. The minimum absolute atomic E-state index is 0.259. The van der Waals surface area contributed by atoms with E-state index in [4.69, 9.17) is 5.73 Å². The fraction of sp³-hybridized carbons (Fsp3) is 0. The van der Waals surface area contributed by atoms with E-state index in [1.165, 1.54) is 23.5 Å². The van der Waals surface area contributed by atoms with Crippen molar-refractivity contribution in [1.82, 2.24) is 0 Å². The van der Waals surface area contributed by atoms with Gasteiger partial charge in [-0.25, -0.2) is 4.39 Å². The first-order valence-electron chi connectivity index (χ1n) is 5.13. The van der Waals surface area contributed by atoms with Crippen LogP contribution in [0.3, 0.4) is 0 Å². The Kier molecular flexibility index (Phi) is 3.96. The summed E-state index contributed by atoms with van der Waals surface area (Å²) in [7, 11) is 0. The van der Waals surface area contributed by atoms with E-state index >= 15 is 0 Å². The average Bonchev–Trinajstić information content (AvgIpc) is 2.78. The molecule has 0 unspecified atom stereocenters. The van der Waals surface area contributed by atoms with Crippen LogP contribution < -0.4 is 11.1 Å². The Hall–Kier alpha value is -1.73. The van der Waals surface area contributed by atoms with Crippen molar-refractivity contribution in [3.05, 3.63) is 50.4 Å². The van der Waals surface area contributed by atoms with Crippen LogP contribution in [0.25, 0.3) is 0 Å². The summed E-state index contributed by atoms with van der Waals surface area (Å²) >= 11 is 4.52. The van der Waals surface area contributed by atoms with Crippen LogP contribution in [-0.2, 0) is 0 Å². The van der Waals surface area contributed by atoms with Crippen LogP contribution in [-0.4, -0.2) is 11.8 Å². The Labute approximate surface area is 120 Å². The number of thiophene rings is 1. The topological polar surface area (TPSA) is 72.2 Å². The highest BCUT2D eigenvalue weighted by molar-refractivity contribution is 9.11. The van der Waals surface area contributed by atoms with Gasteiger partial charge in [0.25, 0.3) is 11.8 Å². The highest BCUT2D eigenvalue weighted by atomic mass is 79.9. The van der Waals surface area contributed by atoms with E-state index in [2.05, 4.69) is 21.2 Å². The fourth-order valence-electron chi connectivity index (χ4n) is 1.42. The SMILES string of the molecule is NC(=O)c1cc(NC(=O)c2ccc(Br)s2)ccc1F. The minimum atomic E-state index is -0.882. The second kappa shape index (κ2) is 5.50. The molecule has 1 aromatic carbocycles. The zero-order valence-corrected chi connectivity index (χ0v) is 11.8. The molecule has 19 heavy (non-hydrogen) atoms. The fourth-order valence-corrected chi connectivity index (χ4v) is 2.70. The molecule has 1 aromatic heterocycles. The summed E-state index contributed by atoms with van der Waals surface area (Å²) in [4.78, 5) is 23.4. The number of halogens is 2. The van der Waals surface area contributed by atoms with Gasteiger partial charge in [0.2, 0.25) is 0 Å². The highest BCUT2D eigenvalue weighted by Gasteiger charge is 2.12. The molecule has 0 saturated heterocycles. The first-order valence-corrected chi connectivity index (χ1v) is 6.74. The molecule has 0 aliphatic rings. The monoisotopic (exact) mass is 342 g/mol. The van der Waals surface area contributed by atoms with Gasteiger partial charge < -0.3 is 11.1 Å². The first-order chi connectivity index (χ1) is 8.97. The average molecular weight is 343 g/mol. The summed E-state index contributed by atoms with van der Waals surface area (Å²) < 4.78 is 14.1. The number of carbonyl (C=O) groups excluding carboxylic acids is 2. The van der Waals surface area contributed by atoms with Crippen molar-refractivity contribution < 1.29 is 14.0 Å². The summed E-state index contributed by atoms with van der Waals surface area (Å²) in [5.74, 6) is -1.94. The predicted molar refractivity (Wildman–Crippen MR) is 74.9 cm³/mol. The lowest BCUT2D eigenvalue weighted by Crippen LogP contribution is -2.15. The second-order valence-corrected chi connectivity index (χ2v) is 6.08. The van der Waals surface area contributed by atoms with Gasteiger partial charge in [-0.3, -0.25) is 9.59 Å². The third-order valence-electron chi connectivity index (χ3n) is 2.29. The van der Waals surface area contributed by atoms with Gasteiger partial charge in [-0.15, -0.1) is 11.3 Å². The third kappa shape index (κ3) is 3.18. The molecule has 0 fully saturated rings. The third-order valence-corrected chi connectivity index (χ3v) is 3.91. The number of hydrogen-bond donors (Lipinski definition) is 2. The van der Waals surface area contributed by atoms with Gasteiger partial charge in [0, 0.05) is 5.69 Å². The molecule has 0 aliphatic carbocycles. The van der Waals surface area contributed by atoms with Gasteiger partial charge in [0.1, 0.15) is 5.82 Å². The lowest BCUT2D eigenvalue weighted by atomic mass is 10.2. The molecule has 0 atom stereocenters. The summed E-state index contributed by atoms with van der Waals surface area (Å²) in [6, 6.07) is 7.06. The molecule has 2 rings (SSSR count). The molecule has 2 aromatic rings. The maximum absolute atomic E-state index is 13.3. The number of rotatable bonds is 3. The predicted octanol–water partition coefficient (Wildman–Crippen LogP) is 3.00. The van der Waals surface area contributed by atoms with Crippen LogP contribution in [0.1, 0.15) is 20.0 Å². The molecule has 0 radical (unpaired) electrons. The van der Waals surface area contributed by atoms with Crippen LogP contribution in [0.2, 0.25) is 0 Å². The van der Waals surface area contributed by atoms with Crippen molar-refractivity contribution in [1.29, 1.82) is 0 Å². The van der Waals surface area contributed by atoms with Crippen molar-refractivity contribution >= 4 is 44.8 Å². The Morgan fingerprint density at radius 1 is 1.26 bits per heavy atom. The number of amides is 2. The van der Waals surface area contributed by atoms with Crippen molar-refractivity contribution in [2.75, 3.05) is 5.32 Å². The molecular weight excluding hydrogens is 335 g/mol. The van der Waals surface area contributed by atoms with Crippen LogP contribution >= 0.6 is 27.3 Å². The molecule has 4 nitrogen and oxygen atoms in total. The van der Waals surface area contributed by atoms with E-state index < -0.39 is 11.7 Å². The van der Waals surface area contributed by atoms with E-state index in [0.29, 0.717) is 10.6 Å². The standard InChI is InChI=1S/C12H8BrFN2O2S/c13-10-4-3-9(19-10)12(18)16-6-1-2-8(14)7(5-6)11(15)17/h1-5H,(H2,15,17)(H,16,18). The van der Waals surface area contributed by atoms with E-state index in [1.54, 1.807) is 12.1 Å². The van der Waals surface area contributed by atoms with E-state index in [9.17, 15) is 14.0 Å². The lowest BCUT2D eigenvalue weighted by Gasteiger charge is -2.05. The quantitative estimate of drug-likeness (QED) is 0.899. The lowest BCUT2D eigenvalue weighted by molar-refractivity contribution is 0.0993. The molecule has 7 heteroatoms. The number of nitrogens with one attached hydrogen (secondary N) is 1. The number of anilines is 1. The highest BCUT2D eigenvalue weighted by Crippen LogP contribution is 2.23. The number of carbonyl (C=O) groups is 2. The normalized spacial score (nSPS) is 10.2. The number of benzene rings is 1. The Bertz CT molecular complexity index is 657. The molecule has 1 heterocycles. The first kappa shape index (κ1) is 13.7. The molecule has 0 spiro atoms. The second-order valence-electron chi connectivity index (χ2n) is 3.62. The van der Waals surface area contributed by atoms with Gasteiger partial charge in [-0.05, 0) is 46.3 Å². The Morgan fingerprint density at radius 2 is 2.00 bits per heavy atom. The van der Waals surface area contributed by atoms with Crippen molar-refractivity contribution in [3.63, 3.8) is 0 Å². The smallest absolute Gasteiger partial charge is 0.265 e. The van der Waals surface area contributed by atoms with Gasteiger partial charge in [0.05, 0.1) is 14.2 Å². The molecule has 98 valence electrons. The summed E-state index contributed by atoms with van der Waals surface area (Å²) in [6.07, 6.45) is 0. The van der Waals surface area contributed by atoms with Gasteiger partial charge in [-0.1, -0.05) is 0 Å². The Morgan fingerprint density at radius 3 is 2.58 bits per heavy atom. The maximum atomic E-state index is 13.3. The number of nitrogens with two attached hydrogens (primary N) is 1. The van der Waals surface area contributed by atoms with Crippen molar-refractivity contribution in [2.24, 2.45) is 5.73 Å².